The van der Waals surface area contributed by atoms with Gasteiger partial charge in [-0.15, -0.1) is 0 Å². The van der Waals surface area contributed by atoms with E-state index in [-0.39, 0.29) is 19.2 Å². The van der Waals surface area contributed by atoms with Gasteiger partial charge in [0.05, 0.1) is 13.3 Å². The van der Waals surface area contributed by atoms with Crippen LogP contribution in [0.4, 0.5) is 0 Å². The molecule has 0 atom stereocenters. The Morgan fingerprint density at radius 3 is 2.30 bits per heavy atom. The van der Waals surface area contributed by atoms with Crippen LogP contribution in [0.2, 0.25) is 0 Å². The van der Waals surface area contributed by atoms with Crippen molar-refractivity contribution in [2.75, 3.05) is 13.3 Å². The molecule has 4 N–H and O–H groups in total. The van der Waals surface area contributed by atoms with Crippen molar-refractivity contribution in [2.24, 2.45) is 11.5 Å². The molecular weight excluding hydrogens is 130 g/mol. The van der Waals surface area contributed by atoms with E-state index in [1.54, 1.807) is 13.0 Å². The summed E-state index contributed by atoms with van der Waals surface area (Å²) in [6.07, 6.45) is 3.08. The fourth-order valence-electron chi connectivity index (χ4n) is 0.502. The molecule has 0 aromatic heterocycles. The highest BCUT2D eigenvalue weighted by molar-refractivity contribution is 5.87. The second kappa shape index (κ2) is 4.96. The van der Waals surface area contributed by atoms with E-state index in [1.165, 1.54) is 11.0 Å². The Morgan fingerprint density at radius 2 is 2.00 bits per heavy atom. The zero-order chi connectivity index (χ0) is 7.98. The van der Waals surface area contributed by atoms with Gasteiger partial charge in [0.15, 0.2) is 0 Å². The number of nitrogens with two attached hydrogens (primary N) is 2. The van der Waals surface area contributed by atoms with Crippen molar-refractivity contribution in [2.45, 2.75) is 6.92 Å². The van der Waals surface area contributed by atoms with Crippen molar-refractivity contribution in [1.82, 2.24) is 4.90 Å². The Balaban J connectivity index is 3.89. The summed E-state index contributed by atoms with van der Waals surface area (Å²) in [5, 5.41) is 0. The van der Waals surface area contributed by atoms with E-state index in [1.807, 2.05) is 0 Å². The molecule has 10 heavy (non-hydrogen) atoms. The number of carbonyl (C=O) groups excluding carboxylic acids is 1. The third-order valence-electron chi connectivity index (χ3n) is 1.06. The summed E-state index contributed by atoms with van der Waals surface area (Å²) in [5.41, 5.74) is 10.4. The van der Waals surface area contributed by atoms with Gasteiger partial charge in [-0.2, -0.15) is 0 Å². The number of carbonyl (C=O) groups is 1. The molecule has 0 aliphatic rings. The predicted molar refractivity (Wildman–Crippen MR) is 39.8 cm³/mol. The normalized spacial score (nSPS) is 10.3. The molecule has 0 aromatic carbocycles. The highest BCUT2D eigenvalue weighted by Crippen LogP contribution is 1.84. The quantitative estimate of drug-likeness (QED) is 0.402. The summed E-state index contributed by atoms with van der Waals surface area (Å²) in [7, 11) is 0. The first-order valence-corrected chi connectivity index (χ1v) is 3.08. The van der Waals surface area contributed by atoms with Crippen LogP contribution in [0.3, 0.4) is 0 Å². The second-order valence-corrected chi connectivity index (χ2v) is 1.74. The minimum absolute atomic E-state index is 0.146. The zero-order valence-electron chi connectivity index (χ0n) is 6.08. The van der Waals surface area contributed by atoms with Gasteiger partial charge < -0.3 is 16.4 Å². The monoisotopic (exact) mass is 143 g/mol. The van der Waals surface area contributed by atoms with Crippen LogP contribution >= 0.6 is 0 Å². The first-order valence-electron chi connectivity index (χ1n) is 3.08. The topological polar surface area (TPSA) is 72.3 Å². The van der Waals surface area contributed by atoms with E-state index in [4.69, 9.17) is 11.5 Å². The maximum Gasteiger partial charge on any atom is 0.248 e. The fraction of sp³-hybridized carbons (Fsp3) is 0.500. The van der Waals surface area contributed by atoms with Crippen molar-refractivity contribution in [3.63, 3.8) is 0 Å². The molecule has 0 saturated heterocycles. The third kappa shape index (κ3) is 2.61. The summed E-state index contributed by atoms with van der Waals surface area (Å²) in [6.45, 7) is 2.10. The van der Waals surface area contributed by atoms with E-state index in [0.29, 0.717) is 0 Å². The van der Waals surface area contributed by atoms with Gasteiger partial charge in [-0.1, -0.05) is 6.08 Å². The molecule has 0 aliphatic carbocycles. The number of allylic oxidation sites excluding steroid dienone is 1. The zero-order valence-corrected chi connectivity index (χ0v) is 6.08. The Morgan fingerprint density at radius 1 is 1.50 bits per heavy atom. The standard InChI is InChI=1S/C6H13N3O/c1-2-3-6(10)9(4-7)5-8/h2-3H,4-5,7-8H2,1H3/b3-2-. The number of rotatable bonds is 3. The second-order valence-electron chi connectivity index (χ2n) is 1.74. The van der Waals surface area contributed by atoms with Crippen LogP contribution in [0.25, 0.3) is 0 Å². The molecule has 0 aliphatic heterocycles. The number of hydrogen-bond donors (Lipinski definition) is 2. The van der Waals surface area contributed by atoms with Crippen LogP contribution in [-0.2, 0) is 4.79 Å². The molecule has 0 spiro atoms. The summed E-state index contributed by atoms with van der Waals surface area (Å²) in [6, 6.07) is 0. The van der Waals surface area contributed by atoms with Crippen molar-refractivity contribution in [3.8, 4) is 0 Å². The van der Waals surface area contributed by atoms with Gasteiger partial charge in [0.1, 0.15) is 0 Å². The molecule has 0 bridgehead atoms. The minimum atomic E-state index is -0.146. The lowest BCUT2D eigenvalue weighted by molar-refractivity contribution is -0.125. The first kappa shape index (κ1) is 9.13. The third-order valence-corrected chi connectivity index (χ3v) is 1.06. The summed E-state index contributed by atoms with van der Waals surface area (Å²) in [4.78, 5) is 12.2. The lowest BCUT2D eigenvalue weighted by atomic mass is 10.4. The average Bonchev–Trinajstić information content (AvgIpc) is 1.91. The van der Waals surface area contributed by atoms with Gasteiger partial charge in [-0.3, -0.25) is 4.79 Å². The SMILES string of the molecule is C/C=C\C(=O)N(CN)CN. The van der Waals surface area contributed by atoms with Crippen molar-refractivity contribution in [3.05, 3.63) is 12.2 Å². The molecule has 0 aromatic rings. The Labute approximate surface area is 60.5 Å². The molecule has 1 amide bonds. The van der Waals surface area contributed by atoms with Crippen LogP contribution in [0, 0.1) is 0 Å². The van der Waals surface area contributed by atoms with E-state index in [9.17, 15) is 4.79 Å². The van der Waals surface area contributed by atoms with E-state index < -0.39 is 0 Å². The fourth-order valence-corrected chi connectivity index (χ4v) is 0.502. The molecule has 0 rings (SSSR count). The van der Waals surface area contributed by atoms with Crippen LogP contribution in [0.5, 0.6) is 0 Å². The van der Waals surface area contributed by atoms with Gasteiger partial charge in [0.25, 0.3) is 0 Å². The van der Waals surface area contributed by atoms with Crippen molar-refractivity contribution >= 4 is 5.91 Å². The Hall–Kier alpha value is -0.870. The van der Waals surface area contributed by atoms with Crippen LogP contribution in [0.15, 0.2) is 12.2 Å². The lowest BCUT2D eigenvalue weighted by Crippen LogP contribution is -2.39. The van der Waals surface area contributed by atoms with Crippen LogP contribution in [0.1, 0.15) is 6.92 Å². The average molecular weight is 143 g/mol. The first-order chi connectivity index (χ1) is 4.76. The van der Waals surface area contributed by atoms with E-state index >= 15 is 0 Å². The summed E-state index contributed by atoms with van der Waals surface area (Å²) >= 11 is 0. The lowest BCUT2D eigenvalue weighted by Gasteiger charge is -2.14. The van der Waals surface area contributed by atoms with Gasteiger partial charge in [0.2, 0.25) is 5.91 Å². The van der Waals surface area contributed by atoms with Crippen molar-refractivity contribution < 1.29 is 4.79 Å². The van der Waals surface area contributed by atoms with Gasteiger partial charge in [-0.25, -0.2) is 0 Å². The smallest absolute Gasteiger partial charge is 0.248 e. The van der Waals surface area contributed by atoms with Gasteiger partial charge in [-0.05, 0) is 13.0 Å². The number of amides is 1. The maximum atomic E-state index is 10.9. The van der Waals surface area contributed by atoms with Crippen LogP contribution < -0.4 is 11.5 Å². The molecule has 0 unspecified atom stereocenters. The molecular formula is C6H13N3O. The molecule has 58 valence electrons. The highest BCUT2D eigenvalue weighted by atomic mass is 16.2. The van der Waals surface area contributed by atoms with Crippen LogP contribution in [-0.4, -0.2) is 24.1 Å². The number of hydrogen-bond acceptors (Lipinski definition) is 3. The van der Waals surface area contributed by atoms with Crippen molar-refractivity contribution in [1.29, 1.82) is 0 Å². The maximum absolute atomic E-state index is 10.9. The van der Waals surface area contributed by atoms with E-state index in [0.717, 1.165) is 0 Å². The molecule has 4 heteroatoms. The van der Waals surface area contributed by atoms with Gasteiger partial charge in [0, 0.05) is 0 Å². The minimum Gasteiger partial charge on any atom is -0.314 e. The Kier molecular flexibility index (Phi) is 4.53. The Bertz CT molecular complexity index is 129. The van der Waals surface area contributed by atoms with Gasteiger partial charge >= 0.3 is 0 Å². The molecule has 0 radical (unpaired) electrons. The largest absolute Gasteiger partial charge is 0.314 e. The molecule has 0 heterocycles. The highest BCUT2D eigenvalue weighted by Gasteiger charge is 2.03. The molecule has 0 saturated carbocycles. The number of nitrogens with zero attached hydrogens (tertiary/aromatic N) is 1. The summed E-state index contributed by atoms with van der Waals surface area (Å²) in [5.74, 6) is -0.146. The van der Waals surface area contributed by atoms with E-state index in [2.05, 4.69) is 0 Å². The molecule has 0 fully saturated rings. The molecule has 4 nitrogen and oxygen atoms in total. The summed E-state index contributed by atoms with van der Waals surface area (Å²) < 4.78 is 0. The predicted octanol–water partition coefficient (Wildman–Crippen LogP) is -0.776.